The van der Waals surface area contributed by atoms with Gasteiger partial charge in [-0.3, -0.25) is 0 Å². The minimum absolute atomic E-state index is 0.647. The van der Waals surface area contributed by atoms with Gasteiger partial charge in [0.05, 0.1) is 23.9 Å². The fourth-order valence-corrected chi connectivity index (χ4v) is 1.43. The molecule has 0 amide bonds. The number of hydrogen-bond acceptors (Lipinski definition) is 3. The summed E-state index contributed by atoms with van der Waals surface area (Å²) >= 11 is 0. The van der Waals surface area contributed by atoms with Crippen LogP contribution in [0.2, 0.25) is 0 Å². The Morgan fingerprint density at radius 1 is 1.54 bits per heavy atom. The predicted octanol–water partition coefficient (Wildman–Crippen LogP) is 1.39. The lowest BCUT2D eigenvalue weighted by Crippen LogP contribution is -2.28. The SMILES string of the molecule is CN1CCOc2cc(C#N)ccc21. The summed E-state index contributed by atoms with van der Waals surface area (Å²) in [4.78, 5) is 2.12. The predicted molar refractivity (Wildman–Crippen MR) is 49.9 cm³/mol. The summed E-state index contributed by atoms with van der Waals surface area (Å²) in [5.41, 5.74) is 1.71. The average Bonchev–Trinajstić information content (AvgIpc) is 2.18. The first kappa shape index (κ1) is 7.93. The van der Waals surface area contributed by atoms with Crippen molar-refractivity contribution in [3.8, 4) is 11.8 Å². The first-order valence-corrected chi connectivity index (χ1v) is 4.19. The third kappa shape index (κ3) is 1.31. The first-order valence-electron chi connectivity index (χ1n) is 4.19. The van der Waals surface area contributed by atoms with Gasteiger partial charge in [-0.05, 0) is 12.1 Å². The lowest BCUT2D eigenvalue weighted by atomic mass is 10.2. The fourth-order valence-electron chi connectivity index (χ4n) is 1.43. The van der Waals surface area contributed by atoms with Crippen LogP contribution in [0.5, 0.6) is 5.75 Å². The summed E-state index contributed by atoms with van der Waals surface area (Å²) < 4.78 is 5.44. The molecule has 1 aromatic rings. The molecule has 0 spiro atoms. The van der Waals surface area contributed by atoms with Crippen LogP contribution in [0.1, 0.15) is 5.56 Å². The highest BCUT2D eigenvalue weighted by Gasteiger charge is 2.14. The van der Waals surface area contributed by atoms with Crippen LogP contribution in [-0.2, 0) is 0 Å². The molecule has 1 heterocycles. The number of ether oxygens (including phenoxy) is 1. The van der Waals surface area contributed by atoms with Gasteiger partial charge in [0.15, 0.2) is 0 Å². The quantitative estimate of drug-likeness (QED) is 0.596. The van der Waals surface area contributed by atoms with E-state index >= 15 is 0 Å². The highest BCUT2D eigenvalue weighted by Crippen LogP contribution is 2.30. The molecular weight excluding hydrogens is 164 g/mol. The van der Waals surface area contributed by atoms with Crippen LogP contribution in [0.25, 0.3) is 0 Å². The Bertz CT molecular complexity index is 368. The van der Waals surface area contributed by atoms with Crippen molar-refractivity contribution in [2.45, 2.75) is 0 Å². The molecule has 0 N–H and O–H groups in total. The van der Waals surface area contributed by atoms with E-state index in [1.807, 2.05) is 19.2 Å². The van der Waals surface area contributed by atoms with Crippen LogP contribution in [-0.4, -0.2) is 20.2 Å². The van der Waals surface area contributed by atoms with Crippen LogP contribution in [0.3, 0.4) is 0 Å². The Morgan fingerprint density at radius 2 is 2.38 bits per heavy atom. The molecule has 0 aliphatic carbocycles. The summed E-state index contributed by atoms with van der Waals surface area (Å²) in [5.74, 6) is 0.813. The van der Waals surface area contributed by atoms with E-state index in [-0.39, 0.29) is 0 Å². The number of rotatable bonds is 0. The molecule has 0 bridgehead atoms. The van der Waals surface area contributed by atoms with E-state index in [4.69, 9.17) is 10.00 Å². The lowest BCUT2D eigenvalue weighted by Gasteiger charge is -2.27. The molecule has 0 aromatic heterocycles. The molecule has 0 fully saturated rings. The third-order valence-electron chi connectivity index (χ3n) is 2.18. The lowest BCUT2D eigenvalue weighted by molar-refractivity contribution is 0.311. The van der Waals surface area contributed by atoms with E-state index < -0.39 is 0 Å². The van der Waals surface area contributed by atoms with Crippen molar-refractivity contribution < 1.29 is 4.74 Å². The summed E-state index contributed by atoms with van der Waals surface area (Å²) in [7, 11) is 2.02. The maximum atomic E-state index is 8.69. The highest BCUT2D eigenvalue weighted by molar-refractivity contribution is 5.61. The number of benzene rings is 1. The molecular formula is C10H10N2O. The zero-order valence-electron chi connectivity index (χ0n) is 7.45. The van der Waals surface area contributed by atoms with Gasteiger partial charge in [0, 0.05) is 13.1 Å². The molecule has 1 aliphatic rings. The van der Waals surface area contributed by atoms with Gasteiger partial charge < -0.3 is 9.64 Å². The fraction of sp³-hybridized carbons (Fsp3) is 0.300. The van der Waals surface area contributed by atoms with Crippen LogP contribution >= 0.6 is 0 Å². The van der Waals surface area contributed by atoms with Gasteiger partial charge in [0.2, 0.25) is 0 Å². The maximum absolute atomic E-state index is 8.69. The van der Waals surface area contributed by atoms with Gasteiger partial charge in [-0.25, -0.2) is 0 Å². The second-order valence-corrected chi connectivity index (χ2v) is 3.06. The van der Waals surface area contributed by atoms with E-state index in [1.165, 1.54) is 0 Å². The summed E-state index contributed by atoms with van der Waals surface area (Å²) in [5, 5.41) is 8.69. The van der Waals surface area contributed by atoms with Gasteiger partial charge in [-0.15, -0.1) is 0 Å². The van der Waals surface area contributed by atoms with Gasteiger partial charge in [-0.2, -0.15) is 5.26 Å². The molecule has 2 rings (SSSR count). The Morgan fingerprint density at radius 3 is 3.15 bits per heavy atom. The molecule has 0 atom stereocenters. The number of anilines is 1. The van der Waals surface area contributed by atoms with Crippen molar-refractivity contribution >= 4 is 5.69 Å². The van der Waals surface area contributed by atoms with E-state index in [9.17, 15) is 0 Å². The molecule has 13 heavy (non-hydrogen) atoms. The molecule has 3 nitrogen and oxygen atoms in total. The van der Waals surface area contributed by atoms with Crippen molar-refractivity contribution in [3.63, 3.8) is 0 Å². The maximum Gasteiger partial charge on any atom is 0.143 e. The van der Waals surface area contributed by atoms with Crippen molar-refractivity contribution in [2.75, 3.05) is 25.1 Å². The number of nitrogens with zero attached hydrogens (tertiary/aromatic N) is 2. The van der Waals surface area contributed by atoms with Crippen LogP contribution in [0.4, 0.5) is 5.69 Å². The topological polar surface area (TPSA) is 36.3 Å². The van der Waals surface area contributed by atoms with Crippen molar-refractivity contribution in [1.82, 2.24) is 0 Å². The van der Waals surface area contributed by atoms with Crippen LogP contribution in [0.15, 0.2) is 18.2 Å². The molecule has 3 heteroatoms. The standard InChI is InChI=1S/C10H10N2O/c1-12-4-5-13-10-6-8(7-11)2-3-9(10)12/h2-3,6H,4-5H2,1H3. The average molecular weight is 174 g/mol. The Balaban J connectivity index is 2.47. The van der Waals surface area contributed by atoms with E-state index in [0.717, 1.165) is 18.0 Å². The molecule has 1 aliphatic heterocycles. The van der Waals surface area contributed by atoms with Crippen molar-refractivity contribution in [3.05, 3.63) is 23.8 Å². The zero-order chi connectivity index (χ0) is 9.26. The van der Waals surface area contributed by atoms with Gasteiger partial charge >= 0.3 is 0 Å². The Labute approximate surface area is 77.2 Å². The molecule has 0 saturated heterocycles. The van der Waals surface area contributed by atoms with E-state index in [0.29, 0.717) is 12.2 Å². The normalized spacial score (nSPS) is 14.3. The second-order valence-electron chi connectivity index (χ2n) is 3.06. The summed E-state index contributed by atoms with van der Waals surface area (Å²) in [6.07, 6.45) is 0. The summed E-state index contributed by atoms with van der Waals surface area (Å²) in [6.45, 7) is 1.59. The number of nitriles is 1. The van der Waals surface area contributed by atoms with Crippen molar-refractivity contribution in [1.29, 1.82) is 5.26 Å². The molecule has 0 radical (unpaired) electrons. The third-order valence-corrected chi connectivity index (χ3v) is 2.18. The first-order chi connectivity index (χ1) is 6.31. The monoisotopic (exact) mass is 174 g/mol. The minimum Gasteiger partial charge on any atom is -0.490 e. The largest absolute Gasteiger partial charge is 0.490 e. The highest BCUT2D eigenvalue weighted by atomic mass is 16.5. The molecule has 0 saturated carbocycles. The Hall–Kier alpha value is -1.69. The number of fused-ring (bicyclic) bond motifs is 1. The Kier molecular flexibility index (Phi) is 1.82. The second kappa shape index (κ2) is 2.98. The van der Waals surface area contributed by atoms with Gasteiger partial charge in [0.25, 0.3) is 0 Å². The van der Waals surface area contributed by atoms with E-state index in [1.54, 1.807) is 6.07 Å². The zero-order valence-corrected chi connectivity index (χ0v) is 7.45. The molecule has 1 aromatic carbocycles. The van der Waals surface area contributed by atoms with Crippen LogP contribution in [0, 0.1) is 11.3 Å². The van der Waals surface area contributed by atoms with Gasteiger partial charge in [-0.1, -0.05) is 0 Å². The summed E-state index contributed by atoms with van der Waals surface area (Å²) in [6, 6.07) is 7.61. The molecule has 0 unspecified atom stereocenters. The van der Waals surface area contributed by atoms with Crippen molar-refractivity contribution in [2.24, 2.45) is 0 Å². The van der Waals surface area contributed by atoms with Gasteiger partial charge in [0.1, 0.15) is 12.4 Å². The smallest absolute Gasteiger partial charge is 0.143 e. The molecule has 66 valence electrons. The minimum atomic E-state index is 0.647. The van der Waals surface area contributed by atoms with Crippen LogP contribution < -0.4 is 9.64 Å². The number of likely N-dealkylation sites (N-methyl/N-ethyl adjacent to an activating group) is 1. The number of hydrogen-bond donors (Lipinski definition) is 0. The van der Waals surface area contributed by atoms with E-state index in [2.05, 4.69) is 11.0 Å².